The van der Waals surface area contributed by atoms with Crippen molar-refractivity contribution in [2.24, 2.45) is 0 Å². The number of rotatable bonds is 3. The SMILES string of the molecule is CC(C(=O)OC1CCCCC1)N1Cc2ccccc2C1=O. The van der Waals surface area contributed by atoms with Crippen molar-refractivity contribution in [1.29, 1.82) is 0 Å². The van der Waals surface area contributed by atoms with E-state index < -0.39 is 6.04 Å². The minimum absolute atomic E-state index is 0.0359. The van der Waals surface area contributed by atoms with Crippen LogP contribution in [0.25, 0.3) is 0 Å². The van der Waals surface area contributed by atoms with E-state index >= 15 is 0 Å². The lowest BCUT2D eigenvalue weighted by Gasteiger charge is -2.27. The molecule has 1 aromatic rings. The topological polar surface area (TPSA) is 46.6 Å². The van der Waals surface area contributed by atoms with Crippen molar-refractivity contribution in [2.45, 2.75) is 57.7 Å². The summed E-state index contributed by atoms with van der Waals surface area (Å²) in [4.78, 5) is 26.2. The summed E-state index contributed by atoms with van der Waals surface area (Å²) in [6.07, 6.45) is 5.41. The van der Waals surface area contributed by atoms with E-state index in [0.29, 0.717) is 12.1 Å². The molecule has 0 radical (unpaired) electrons. The highest BCUT2D eigenvalue weighted by atomic mass is 16.5. The minimum Gasteiger partial charge on any atom is -0.461 e. The Morgan fingerprint density at radius 2 is 1.95 bits per heavy atom. The molecule has 0 aromatic heterocycles. The van der Waals surface area contributed by atoms with E-state index in [1.807, 2.05) is 24.3 Å². The zero-order valence-electron chi connectivity index (χ0n) is 12.4. The lowest BCUT2D eigenvalue weighted by molar-refractivity contribution is -0.155. The Balaban J connectivity index is 1.64. The third kappa shape index (κ3) is 2.80. The molecule has 0 bridgehead atoms. The van der Waals surface area contributed by atoms with Gasteiger partial charge in [-0.2, -0.15) is 0 Å². The van der Waals surface area contributed by atoms with Gasteiger partial charge in [0, 0.05) is 12.1 Å². The molecule has 1 unspecified atom stereocenters. The standard InChI is InChI=1S/C17H21NO3/c1-12(17(20)21-14-8-3-2-4-9-14)18-11-13-7-5-6-10-15(13)16(18)19/h5-7,10,12,14H,2-4,8-9,11H2,1H3. The third-order valence-corrected chi connectivity index (χ3v) is 4.49. The average Bonchev–Trinajstić information content (AvgIpc) is 2.85. The first-order valence-corrected chi connectivity index (χ1v) is 7.76. The van der Waals surface area contributed by atoms with Crippen LogP contribution in [0.4, 0.5) is 0 Å². The van der Waals surface area contributed by atoms with Gasteiger partial charge in [0.15, 0.2) is 0 Å². The second-order valence-electron chi connectivity index (χ2n) is 5.96. The molecule has 0 spiro atoms. The molecule has 2 aliphatic rings. The number of amides is 1. The minimum atomic E-state index is -0.521. The second kappa shape index (κ2) is 5.88. The highest BCUT2D eigenvalue weighted by Gasteiger charge is 2.35. The van der Waals surface area contributed by atoms with Crippen molar-refractivity contribution in [3.8, 4) is 0 Å². The molecule has 1 heterocycles. The van der Waals surface area contributed by atoms with Gasteiger partial charge in [0.05, 0.1) is 0 Å². The van der Waals surface area contributed by atoms with Crippen molar-refractivity contribution < 1.29 is 14.3 Å². The van der Waals surface area contributed by atoms with Crippen molar-refractivity contribution in [3.05, 3.63) is 35.4 Å². The van der Waals surface area contributed by atoms with Crippen LogP contribution in [0.2, 0.25) is 0 Å². The van der Waals surface area contributed by atoms with Crippen molar-refractivity contribution in [1.82, 2.24) is 4.90 Å². The Labute approximate surface area is 125 Å². The van der Waals surface area contributed by atoms with E-state index in [0.717, 1.165) is 31.2 Å². The molecular weight excluding hydrogens is 266 g/mol. The first-order valence-electron chi connectivity index (χ1n) is 7.76. The van der Waals surface area contributed by atoms with Gasteiger partial charge in [-0.1, -0.05) is 24.6 Å². The van der Waals surface area contributed by atoms with Gasteiger partial charge in [-0.25, -0.2) is 4.79 Å². The van der Waals surface area contributed by atoms with Gasteiger partial charge in [-0.3, -0.25) is 4.79 Å². The number of carbonyl (C=O) groups excluding carboxylic acids is 2. The molecule has 1 aromatic carbocycles. The van der Waals surface area contributed by atoms with Crippen molar-refractivity contribution in [3.63, 3.8) is 0 Å². The number of carbonyl (C=O) groups is 2. The zero-order chi connectivity index (χ0) is 14.8. The zero-order valence-corrected chi connectivity index (χ0v) is 12.4. The van der Waals surface area contributed by atoms with Crippen molar-refractivity contribution in [2.75, 3.05) is 0 Å². The number of esters is 1. The predicted molar refractivity (Wildman–Crippen MR) is 78.7 cm³/mol. The summed E-state index contributed by atoms with van der Waals surface area (Å²) in [5.74, 6) is -0.346. The Kier molecular flexibility index (Phi) is 3.95. The molecule has 0 N–H and O–H groups in total. The highest BCUT2D eigenvalue weighted by molar-refractivity contribution is 6.00. The van der Waals surface area contributed by atoms with Gasteiger partial charge in [0.25, 0.3) is 5.91 Å². The van der Waals surface area contributed by atoms with E-state index in [-0.39, 0.29) is 18.0 Å². The highest BCUT2D eigenvalue weighted by Crippen LogP contribution is 2.26. The fourth-order valence-corrected chi connectivity index (χ4v) is 3.16. The summed E-state index contributed by atoms with van der Waals surface area (Å²) in [6.45, 7) is 2.25. The van der Waals surface area contributed by atoms with E-state index in [1.54, 1.807) is 11.8 Å². The van der Waals surface area contributed by atoms with Gasteiger partial charge in [-0.05, 0) is 44.2 Å². The lowest BCUT2D eigenvalue weighted by atomic mass is 9.98. The average molecular weight is 287 g/mol. The molecule has 112 valence electrons. The van der Waals surface area contributed by atoms with E-state index in [4.69, 9.17) is 4.74 Å². The fraction of sp³-hybridized carbons (Fsp3) is 0.529. The quantitative estimate of drug-likeness (QED) is 0.803. The Bertz CT molecular complexity index is 549. The molecule has 3 rings (SSSR count). The maximum Gasteiger partial charge on any atom is 0.328 e. The molecule has 1 aliphatic heterocycles. The van der Waals surface area contributed by atoms with E-state index in [9.17, 15) is 9.59 Å². The Morgan fingerprint density at radius 3 is 2.67 bits per heavy atom. The predicted octanol–water partition coefficient (Wildman–Crippen LogP) is 2.91. The summed E-state index contributed by atoms with van der Waals surface area (Å²) >= 11 is 0. The maximum absolute atomic E-state index is 12.4. The molecular formula is C17H21NO3. The summed E-state index contributed by atoms with van der Waals surface area (Å²) in [5.41, 5.74) is 1.69. The molecule has 21 heavy (non-hydrogen) atoms. The van der Waals surface area contributed by atoms with Gasteiger partial charge >= 0.3 is 5.97 Å². The third-order valence-electron chi connectivity index (χ3n) is 4.49. The molecule has 1 aliphatic carbocycles. The molecule has 4 nitrogen and oxygen atoms in total. The maximum atomic E-state index is 12.4. The van der Waals surface area contributed by atoms with Crippen LogP contribution in [0.3, 0.4) is 0 Å². The summed E-state index contributed by atoms with van der Waals surface area (Å²) in [6, 6.07) is 7.00. The number of hydrogen-bond acceptors (Lipinski definition) is 3. The number of benzene rings is 1. The number of fused-ring (bicyclic) bond motifs is 1. The van der Waals surface area contributed by atoms with Crippen LogP contribution in [-0.2, 0) is 16.1 Å². The van der Waals surface area contributed by atoms with Crippen LogP contribution >= 0.6 is 0 Å². The molecule has 1 amide bonds. The van der Waals surface area contributed by atoms with E-state index in [2.05, 4.69) is 0 Å². The van der Waals surface area contributed by atoms with Crippen LogP contribution in [0.5, 0.6) is 0 Å². The Morgan fingerprint density at radius 1 is 1.24 bits per heavy atom. The number of ether oxygens (including phenoxy) is 1. The first kappa shape index (κ1) is 14.1. The van der Waals surface area contributed by atoms with Crippen LogP contribution in [0, 0.1) is 0 Å². The summed E-state index contributed by atoms with van der Waals surface area (Å²) < 4.78 is 5.58. The van der Waals surface area contributed by atoms with Crippen LogP contribution in [0.15, 0.2) is 24.3 Å². The fourth-order valence-electron chi connectivity index (χ4n) is 3.16. The number of hydrogen-bond donors (Lipinski definition) is 0. The smallest absolute Gasteiger partial charge is 0.328 e. The molecule has 1 atom stereocenters. The van der Waals surface area contributed by atoms with Crippen LogP contribution < -0.4 is 0 Å². The second-order valence-corrected chi connectivity index (χ2v) is 5.96. The first-order chi connectivity index (χ1) is 10.2. The monoisotopic (exact) mass is 287 g/mol. The molecule has 4 heteroatoms. The number of nitrogens with zero attached hydrogens (tertiary/aromatic N) is 1. The molecule has 1 saturated carbocycles. The van der Waals surface area contributed by atoms with Crippen LogP contribution in [0.1, 0.15) is 54.9 Å². The summed E-state index contributed by atoms with van der Waals surface area (Å²) in [7, 11) is 0. The van der Waals surface area contributed by atoms with Crippen LogP contribution in [-0.4, -0.2) is 28.9 Å². The van der Waals surface area contributed by atoms with Gasteiger partial charge < -0.3 is 9.64 Å². The largest absolute Gasteiger partial charge is 0.461 e. The van der Waals surface area contributed by atoms with Crippen molar-refractivity contribution >= 4 is 11.9 Å². The lowest BCUT2D eigenvalue weighted by Crippen LogP contribution is -2.41. The molecule has 0 saturated heterocycles. The summed E-state index contributed by atoms with van der Waals surface area (Å²) in [5, 5.41) is 0. The molecule has 1 fully saturated rings. The van der Waals surface area contributed by atoms with Gasteiger partial charge in [-0.15, -0.1) is 0 Å². The van der Waals surface area contributed by atoms with Gasteiger partial charge in [0.1, 0.15) is 12.1 Å². The normalized spacial score (nSPS) is 20.2. The van der Waals surface area contributed by atoms with Gasteiger partial charge in [0.2, 0.25) is 0 Å². The Hall–Kier alpha value is -1.84. The van der Waals surface area contributed by atoms with E-state index in [1.165, 1.54) is 6.42 Å².